The van der Waals surface area contributed by atoms with E-state index in [4.69, 9.17) is 0 Å². The first-order valence-electron chi connectivity index (χ1n) is 9.84. The molecule has 2 rings (SSSR count). The Kier molecular flexibility index (Phi) is 7.60. The normalized spacial score (nSPS) is 13.2. The Morgan fingerprint density at radius 3 is 2.64 bits per heavy atom. The number of carbonyl (C=O) groups excluding carboxylic acids is 1. The molecule has 1 amide bonds. The van der Waals surface area contributed by atoms with Crippen molar-refractivity contribution >= 4 is 27.0 Å². The van der Waals surface area contributed by atoms with Gasteiger partial charge in [-0.2, -0.15) is 0 Å². The Morgan fingerprint density at radius 2 is 2.00 bits per heavy atom. The number of hydrogen-bond donors (Lipinski definition) is 1. The van der Waals surface area contributed by atoms with Crippen molar-refractivity contribution in [3.63, 3.8) is 0 Å². The Bertz CT molecular complexity index is 919. The highest BCUT2D eigenvalue weighted by molar-refractivity contribution is 7.89. The summed E-state index contributed by atoms with van der Waals surface area (Å²) in [5.74, 6) is 0.787. The van der Waals surface area contributed by atoms with Crippen molar-refractivity contribution in [1.29, 1.82) is 0 Å². The van der Waals surface area contributed by atoms with Gasteiger partial charge in [-0.3, -0.25) is 4.79 Å². The molecule has 1 heterocycles. The molecular weight excluding hydrogens is 376 g/mol. The molecule has 1 atom stereocenters. The number of nitrogens with one attached hydrogen (secondary N) is 1. The fourth-order valence-corrected chi connectivity index (χ4v) is 4.09. The van der Waals surface area contributed by atoms with Crippen LogP contribution in [0.3, 0.4) is 0 Å². The smallest absolute Gasteiger partial charge is 0.242 e. The average molecular weight is 409 g/mol. The quantitative estimate of drug-likeness (QED) is 0.613. The van der Waals surface area contributed by atoms with Crippen molar-refractivity contribution in [2.24, 2.45) is 7.05 Å². The van der Waals surface area contributed by atoms with Crippen molar-refractivity contribution < 1.29 is 13.2 Å². The minimum atomic E-state index is -3.50. The lowest BCUT2D eigenvalue weighted by molar-refractivity contribution is -0.121. The second-order valence-corrected chi connectivity index (χ2v) is 9.64. The van der Waals surface area contributed by atoms with Gasteiger partial charge in [0.05, 0.1) is 15.9 Å². The maximum Gasteiger partial charge on any atom is 0.242 e. The second kappa shape index (κ2) is 9.52. The summed E-state index contributed by atoms with van der Waals surface area (Å²) < 4.78 is 27.7. The predicted molar refractivity (Wildman–Crippen MR) is 112 cm³/mol. The summed E-state index contributed by atoms with van der Waals surface area (Å²) in [7, 11) is 1.39. The summed E-state index contributed by atoms with van der Waals surface area (Å²) in [4.78, 5) is 17.0. The highest BCUT2D eigenvalue weighted by Crippen LogP contribution is 2.21. The summed E-state index contributed by atoms with van der Waals surface area (Å²) >= 11 is 0. The predicted octanol–water partition coefficient (Wildman–Crippen LogP) is 2.84. The highest BCUT2D eigenvalue weighted by atomic mass is 32.2. The van der Waals surface area contributed by atoms with Gasteiger partial charge in [0.25, 0.3) is 0 Å². The van der Waals surface area contributed by atoms with E-state index in [1.54, 1.807) is 18.2 Å². The van der Waals surface area contributed by atoms with Crippen LogP contribution in [0.2, 0.25) is 0 Å². The topological polar surface area (TPSA) is 84.3 Å². The molecule has 7 nitrogen and oxygen atoms in total. The largest absolute Gasteiger partial charge is 0.354 e. The van der Waals surface area contributed by atoms with Crippen LogP contribution in [0.15, 0.2) is 23.1 Å². The van der Waals surface area contributed by atoms with E-state index in [-0.39, 0.29) is 16.8 Å². The first kappa shape index (κ1) is 22.4. The summed E-state index contributed by atoms with van der Waals surface area (Å²) in [5.41, 5.74) is 1.47. The lowest BCUT2D eigenvalue weighted by Gasteiger charge is -2.13. The third-order valence-electron chi connectivity index (χ3n) is 4.95. The SMILES string of the molecule is CCCCCC(C)NC(=O)CCc1nc2cc(S(=O)(=O)N(C)C)ccc2n1C. The minimum Gasteiger partial charge on any atom is -0.354 e. The van der Waals surface area contributed by atoms with Crippen LogP contribution in [-0.4, -0.2) is 48.3 Å². The minimum absolute atomic E-state index is 0.0203. The summed E-state index contributed by atoms with van der Waals surface area (Å²) in [6.07, 6.45) is 5.35. The second-order valence-electron chi connectivity index (χ2n) is 7.49. The standard InChI is InChI=1S/C20H32N4O3S/c1-6-7-8-9-15(2)21-20(25)13-12-19-22-17-14-16(28(26,27)23(3)4)10-11-18(17)24(19)5/h10-11,14-15H,6-9,12-13H2,1-5H3,(H,21,25). The van der Waals surface area contributed by atoms with Crippen molar-refractivity contribution in [3.05, 3.63) is 24.0 Å². The average Bonchev–Trinajstić information content (AvgIpc) is 2.95. The number of nitrogens with zero attached hydrogens (tertiary/aromatic N) is 3. The molecule has 28 heavy (non-hydrogen) atoms. The number of carbonyl (C=O) groups is 1. The van der Waals surface area contributed by atoms with Gasteiger partial charge in [0.1, 0.15) is 5.82 Å². The van der Waals surface area contributed by atoms with E-state index in [1.165, 1.54) is 31.2 Å². The van der Waals surface area contributed by atoms with Gasteiger partial charge < -0.3 is 9.88 Å². The molecule has 0 aliphatic heterocycles. The molecule has 1 aromatic carbocycles. The lowest BCUT2D eigenvalue weighted by Crippen LogP contribution is -2.32. The van der Waals surface area contributed by atoms with Crippen LogP contribution >= 0.6 is 0 Å². The maximum absolute atomic E-state index is 12.3. The monoisotopic (exact) mass is 408 g/mol. The molecule has 0 spiro atoms. The number of aromatic nitrogens is 2. The number of unbranched alkanes of at least 4 members (excludes halogenated alkanes) is 2. The first-order chi connectivity index (χ1) is 13.2. The third-order valence-corrected chi connectivity index (χ3v) is 6.76. The molecule has 1 N–H and O–H groups in total. The highest BCUT2D eigenvalue weighted by Gasteiger charge is 2.19. The van der Waals surface area contributed by atoms with Crippen LogP contribution in [0.5, 0.6) is 0 Å². The Labute approximate surface area is 168 Å². The van der Waals surface area contributed by atoms with Crippen molar-refractivity contribution in [1.82, 2.24) is 19.2 Å². The van der Waals surface area contributed by atoms with Crippen LogP contribution in [0.4, 0.5) is 0 Å². The maximum atomic E-state index is 12.3. The van der Waals surface area contributed by atoms with Crippen LogP contribution in [0.1, 0.15) is 51.8 Å². The molecule has 2 aromatic rings. The fraction of sp³-hybridized carbons (Fsp3) is 0.600. The van der Waals surface area contributed by atoms with E-state index in [9.17, 15) is 13.2 Å². The van der Waals surface area contributed by atoms with Crippen LogP contribution in [0.25, 0.3) is 11.0 Å². The molecular formula is C20H32N4O3S. The van der Waals surface area contributed by atoms with Gasteiger partial charge in [0.2, 0.25) is 15.9 Å². The van der Waals surface area contributed by atoms with Crippen molar-refractivity contribution in [2.75, 3.05) is 14.1 Å². The molecule has 0 radical (unpaired) electrons. The first-order valence-corrected chi connectivity index (χ1v) is 11.3. The Hall–Kier alpha value is -1.93. The molecule has 8 heteroatoms. The van der Waals surface area contributed by atoms with E-state index in [2.05, 4.69) is 17.2 Å². The molecule has 0 aliphatic rings. The van der Waals surface area contributed by atoms with Gasteiger partial charge in [0.15, 0.2) is 0 Å². The Balaban J connectivity index is 2.05. The Morgan fingerprint density at radius 1 is 1.29 bits per heavy atom. The van der Waals surface area contributed by atoms with Crippen LogP contribution < -0.4 is 5.32 Å². The number of aryl methyl sites for hydroxylation is 2. The van der Waals surface area contributed by atoms with E-state index in [1.807, 2.05) is 18.5 Å². The molecule has 156 valence electrons. The number of amides is 1. The number of rotatable bonds is 10. The summed E-state index contributed by atoms with van der Waals surface area (Å²) in [6.45, 7) is 4.20. The molecule has 0 saturated heterocycles. The summed E-state index contributed by atoms with van der Waals surface area (Å²) in [5, 5.41) is 3.04. The van der Waals surface area contributed by atoms with Crippen LogP contribution in [-0.2, 0) is 28.3 Å². The van der Waals surface area contributed by atoms with Gasteiger partial charge in [-0.15, -0.1) is 0 Å². The van der Waals surface area contributed by atoms with Crippen LogP contribution in [0, 0.1) is 0 Å². The van der Waals surface area contributed by atoms with Gasteiger partial charge in [-0.25, -0.2) is 17.7 Å². The molecule has 0 fully saturated rings. The van der Waals surface area contributed by atoms with E-state index >= 15 is 0 Å². The van der Waals surface area contributed by atoms with Gasteiger partial charge in [-0.1, -0.05) is 26.2 Å². The summed E-state index contributed by atoms with van der Waals surface area (Å²) in [6, 6.07) is 5.12. The van der Waals surface area contributed by atoms with Crippen molar-refractivity contribution in [3.8, 4) is 0 Å². The van der Waals surface area contributed by atoms with E-state index in [0.29, 0.717) is 18.4 Å². The molecule has 0 bridgehead atoms. The number of imidazole rings is 1. The number of benzene rings is 1. The number of fused-ring (bicyclic) bond motifs is 1. The van der Waals surface area contributed by atoms with E-state index in [0.717, 1.165) is 24.2 Å². The number of hydrogen-bond acceptors (Lipinski definition) is 4. The van der Waals surface area contributed by atoms with Gasteiger partial charge in [0, 0.05) is 40.0 Å². The van der Waals surface area contributed by atoms with Crippen molar-refractivity contribution in [2.45, 2.75) is 63.3 Å². The van der Waals surface area contributed by atoms with E-state index < -0.39 is 10.0 Å². The van der Waals surface area contributed by atoms with Gasteiger partial charge in [-0.05, 0) is 31.5 Å². The molecule has 0 saturated carbocycles. The number of sulfonamides is 1. The molecule has 1 aromatic heterocycles. The zero-order valence-corrected chi connectivity index (χ0v) is 18.3. The van der Waals surface area contributed by atoms with Gasteiger partial charge >= 0.3 is 0 Å². The molecule has 1 unspecified atom stereocenters. The fourth-order valence-electron chi connectivity index (χ4n) is 3.17. The third kappa shape index (κ3) is 5.32. The lowest BCUT2D eigenvalue weighted by atomic mass is 10.1. The zero-order chi connectivity index (χ0) is 20.9. The zero-order valence-electron chi connectivity index (χ0n) is 17.5. The molecule has 0 aliphatic carbocycles.